The molecule has 0 amide bonds. The van der Waals surface area contributed by atoms with E-state index >= 15 is 0 Å². The van der Waals surface area contributed by atoms with Crippen molar-refractivity contribution in [2.24, 2.45) is 5.41 Å². The standard InChI is InChI=1S/C11H17.C7H11.Ru/c1-5-10-6-7-11(3,4)8-9(10)2;1-6(2)5-7(3)4;/h6H,5,7H2,1-4H3;1,5H,2-4H3;/q2*-1;+2. The van der Waals surface area contributed by atoms with Crippen LogP contribution in [0.2, 0.25) is 0 Å². The molecule has 0 bridgehead atoms. The van der Waals surface area contributed by atoms with Crippen LogP contribution in [0.1, 0.15) is 61.3 Å². The summed E-state index contributed by atoms with van der Waals surface area (Å²) in [4.78, 5) is 0. The van der Waals surface area contributed by atoms with Gasteiger partial charge in [0.1, 0.15) is 0 Å². The van der Waals surface area contributed by atoms with Crippen LogP contribution >= 0.6 is 0 Å². The summed E-state index contributed by atoms with van der Waals surface area (Å²) in [5, 5.41) is 0. The molecule has 0 saturated carbocycles. The van der Waals surface area contributed by atoms with Crippen LogP contribution in [-0.4, -0.2) is 0 Å². The minimum Gasteiger partial charge on any atom is -0.290 e. The maximum absolute atomic E-state index is 5.33. The molecule has 0 aliphatic heterocycles. The molecule has 0 N–H and O–H groups in total. The van der Waals surface area contributed by atoms with Gasteiger partial charge in [0.15, 0.2) is 0 Å². The van der Waals surface area contributed by atoms with Crippen molar-refractivity contribution >= 4 is 0 Å². The number of hydrogen-bond donors (Lipinski definition) is 0. The molecule has 0 atom stereocenters. The van der Waals surface area contributed by atoms with Gasteiger partial charge in [-0.15, -0.1) is 0 Å². The number of allylic oxidation sites excluding steroid dienone is 7. The molecule has 0 aromatic carbocycles. The summed E-state index contributed by atoms with van der Waals surface area (Å²) in [6, 6.07) is 0. The third kappa shape index (κ3) is 10.1. The molecule has 1 aliphatic carbocycles. The largest absolute Gasteiger partial charge is 2.00 e. The minimum atomic E-state index is 0. The predicted octanol–water partition coefficient (Wildman–Crippen LogP) is 5.83. The zero-order valence-electron chi connectivity index (χ0n) is 13.5. The van der Waals surface area contributed by atoms with Crippen molar-refractivity contribution in [2.45, 2.75) is 61.3 Å². The van der Waals surface area contributed by atoms with E-state index in [0.29, 0.717) is 0 Å². The Balaban J connectivity index is 0. The van der Waals surface area contributed by atoms with Gasteiger partial charge in [0.25, 0.3) is 0 Å². The maximum Gasteiger partial charge on any atom is 2.00 e. The van der Waals surface area contributed by atoms with Crippen LogP contribution in [-0.2, 0) is 19.5 Å². The van der Waals surface area contributed by atoms with Crippen molar-refractivity contribution in [3.8, 4) is 0 Å². The quantitative estimate of drug-likeness (QED) is 0.335. The van der Waals surface area contributed by atoms with Gasteiger partial charge in [0, 0.05) is 0 Å². The molecule has 0 fully saturated rings. The molecule has 1 heteroatoms. The van der Waals surface area contributed by atoms with Crippen molar-refractivity contribution in [3.63, 3.8) is 0 Å². The van der Waals surface area contributed by atoms with Gasteiger partial charge < -0.3 is 0 Å². The number of rotatable bonds is 2. The first-order valence-electron chi connectivity index (χ1n) is 6.73. The second-order valence-electron chi connectivity index (χ2n) is 5.89. The summed E-state index contributed by atoms with van der Waals surface area (Å²) in [6.45, 7) is 20.1. The van der Waals surface area contributed by atoms with Crippen LogP contribution in [0.15, 0.2) is 34.4 Å². The van der Waals surface area contributed by atoms with Gasteiger partial charge in [-0.2, -0.15) is 17.2 Å². The van der Waals surface area contributed by atoms with Gasteiger partial charge in [-0.05, 0) is 0 Å². The van der Waals surface area contributed by atoms with Gasteiger partial charge in [-0.3, -0.25) is 12.7 Å². The van der Waals surface area contributed by atoms with Crippen LogP contribution in [0.25, 0.3) is 0 Å². The fourth-order valence-electron chi connectivity index (χ4n) is 2.04. The van der Waals surface area contributed by atoms with Gasteiger partial charge in [-0.25, -0.2) is 17.2 Å². The molecule has 1 rings (SSSR count). The predicted molar refractivity (Wildman–Crippen MR) is 82.1 cm³/mol. The molecule has 0 heterocycles. The van der Waals surface area contributed by atoms with Crippen LogP contribution in [0.4, 0.5) is 0 Å². The zero-order valence-corrected chi connectivity index (χ0v) is 15.2. The van der Waals surface area contributed by atoms with E-state index in [0.717, 1.165) is 18.4 Å². The first-order valence-corrected chi connectivity index (χ1v) is 6.73. The zero-order chi connectivity index (χ0) is 14.3. The second-order valence-corrected chi connectivity index (χ2v) is 5.89. The van der Waals surface area contributed by atoms with E-state index in [9.17, 15) is 0 Å². The Morgan fingerprint density at radius 1 is 1.37 bits per heavy atom. The molecule has 108 valence electrons. The second kappa shape index (κ2) is 9.48. The average Bonchev–Trinajstić information content (AvgIpc) is 2.14. The summed E-state index contributed by atoms with van der Waals surface area (Å²) in [5.41, 5.74) is 5.22. The monoisotopic (exact) mass is 346 g/mol. The minimum absolute atomic E-state index is 0. The molecule has 0 nitrogen and oxygen atoms in total. The fraction of sp³-hybridized carbons (Fsp3) is 0.556. The van der Waals surface area contributed by atoms with Crippen LogP contribution in [0, 0.1) is 18.1 Å². The van der Waals surface area contributed by atoms with E-state index in [-0.39, 0.29) is 24.9 Å². The Hall–Kier alpha value is -0.417. The molecule has 1 aliphatic rings. The number of hydrogen-bond acceptors (Lipinski definition) is 0. The molecular weight excluding hydrogens is 317 g/mol. The summed E-state index contributed by atoms with van der Waals surface area (Å²) < 4.78 is 0. The maximum atomic E-state index is 5.33. The fourth-order valence-corrected chi connectivity index (χ4v) is 2.04. The van der Waals surface area contributed by atoms with Gasteiger partial charge in [0.2, 0.25) is 0 Å². The SMILES string of the molecule is CCC1=CCC(C)(C)[C-]=C1C.[CH-]=C(C)C=C(C)C.[Ru+2]. The van der Waals surface area contributed by atoms with Crippen molar-refractivity contribution < 1.29 is 19.5 Å². The van der Waals surface area contributed by atoms with E-state index in [1.807, 2.05) is 26.8 Å². The molecule has 0 radical (unpaired) electrons. The molecule has 0 aromatic heterocycles. The van der Waals surface area contributed by atoms with Gasteiger partial charge >= 0.3 is 19.5 Å². The summed E-state index contributed by atoms with van der Waals surface area (Å²) in [6.07, 6.45) is 10.1. The Kier molecular flexibility index (Phi) is 10.4. The first kappa shape index (κ1) is 20.9. The molecule has 19 heavy (non-hydrogen) atoms. The van der Waals surface area contributed by atoms with Gasteiger partial charge in [-0.1, -0.05) is 66.7 Å². The Morgan fingerprint density at radius 2 is 1.89 bits per heavy atom. The van der Waals surface area contributed by atoms with Crippen LogP contribution in [0.5, 0.6) is 0 Å². The molecule has 0 spiro atoms. The molecule has 0 unspecified atom stereocenters. The molecule has 0 aromatic rings. The summed E-state index contributed by atoms with van der Waals surface area (Å²) in [5.74, 6) is 0. The molecule has 0 saturated heterocycles. The Morgan fingerprint density at radius 3 is 2.16 bits per heavy atom. The first-order chi connectivity index (χ1) is 8.18. The van der Waals surface area contributed by atoms with Crippen molar-refractivity contribution in [1.29, 1.82) is 0 Å². The van der Waals surface area contributed by atoms with Crippen molar-refractivity contribution in [1.82, 2.24) is 0 Å². The Labute approximate surface area is 133 Å². The van der Waals surface area contributed by atoms with E-state index in [2.05, 4.69) is 39.8 Å². The van der Waals surface area contributed by atoms with Crippen LogP contribution < -0.4 is 0 Å². The smallest absolute Gasteiger partial charge is 0.290 e. The van der Waals surface area contributed by atoms with Gasteiger partial charge in [0.05, 0.1) is 0 Å². The molecular formula is C18H28Ru. The van der Waals surface area contributed by atoms with Crippen molar-refractivity contribution in [2.75, 3.05) is 0 Å². The van der Waals surface area contributed by atoms with Crippen molar-refractivity contribution in [3.05, 3.63) is 47.1 Å². The summed E-state index contributed by atoms with van der Waals surface area (Å²) >= 11 is 0. The van der Waals surface area contributed by atoms with E-state index in [4.69, 9.17) is 6.58 Å². The normalized spacial score (nSPS) is 15.9. The third-order valence-corrected chi connectivity index (χ3v) is 2.76. The average molecular weight is 345 g/mol. The summed E-state index contributed by atoms with van der Waals surface area (Å²) in [7, 11) is 0. The van der Waals surface area contributed by atoms with Crippen LogP contribution in [0.3, 0.4) is 0 Å². The van der Waals surface area contributed by atoms with E-state index < -0.39 is 0 Å². The third-order valence-electron chi connectivity index (χ3n) is 2.76. The Bertz CT molecular complexity index is 374. The van der Waals surface area contributed by atoms with E-state index in [1.165, 1.54) is 16.7 Å². The topological polar surface area (TPSA) is 0 Å². The van der Waals surface area contributed by atoms with E-state index in [1.54, 1.807) is 0 Å².